The van der Waals surface area contributed by atoms with E-state index in [1.54, 1.807) is 0 Å². The van der Waals surface area contributed by atoms with E-state index < -0.39 is 8.07 Å². The van der Waals surface area contributed by atoms with Crippen molar-refractivity contribution >= 4 is 67.5 Å². The molecule has 2 aliphatic rings. The summed E-state index contributed by atoms with van der Waals surface area (Å²) in [6.07, 6.45) is 5.86. The van der Waals surface area contributed by atoms with E-state index in [0.717, 1.165) is 17.6 Å². The maximum atomic E-state index is 7.42. The van der Waals surface area contributed by atoms with E-state index in [0.29, 0.717) is 0 Å². The van der Waals surface area contributed by atoms with Crippen LogP contribution in [0.5, 0.6) is 0 Å². The second-order valence-corrected chi connectivity index (χ2v) is 23.0. The molecule has 4 heteroatoms. The normalized spacial score (nSPS) is 16.4. The fourth-order valence-corrected chi connectivity index (χ4v) is 11.0. The van der Waals surface area contributed by atoms with Gasteiger partial charge in [0.2, 0.25) is 17.4 Å². The Morgan fingerprint density at radius 2 is 1.19 bits per heavy atom. The van der Waals surface area contributed by atoms with Crippen LogP contribution in [0.2, 0.25) is 19.6 Å². The van der Waals surface area contributed by atoms with Crippen LogP contribution in [0.4, 0.5) is 0 Å². The quantitative estimate of drug-likeness (QED) is 0.0991. The van der Waals surface area contributed by atoms with Crippen LogP contribution in [0.1, 0.15) is 49.5 Å². The van der Waals surface area contributed by atoms with E-state index in [-0.39, 0.29) is 17.5 Å². The predicted octanol–water partition coefficient (Wildman–Crippen LogP) is 11.6. The first kappa shape index (κ1) is 31.9. The van der Waals surface area contributed by atoms with E-state index in [1.165, 1.54) is 87.5 Å². The van der Waals surface area contributed by atoms with Crippen molar-refractivity contribution in [3.63, 3.8) is 0 Å². The highest BCUT2D eigenvalue weighted by Gasteiger charge is 2.53. The lowest BCUT2D eigenvalue weighted by molar-refractivity contribution is -0.799. The van der Waals surface area contributed by atoms with Crippen LogP contribution < -0.4 is 14.3 Å². The molecular weight excluding hydrogens is 673 g/mol. The zero-order chi connectivity index (χ0) is 36.7. The van der Waals surface area contributed by atoms with Gasteiger partial charge in [-0.2, -0.15) is 9.13 Å². The van der Waals surface area contributed by atoms with Crippen LogP contribution >= 0.6 is 0 Å². The molecule has 11 rings (SSSR count). The van der Waals surface area contributed by atoms with E-state index in [4.69, 9.17) is 4.42 Å². The molecule has 2 atom stereocenters. The first-order valence-corrected chi connectivity index (χ1v) is 23.0. The Hall–Kier alpha value is -5.58. The molecule has 2 aliphatic heterocycles. The van der Waals surface area contributed by atoms with Gasteiger partial charge in [0, 0.05) is 50.7 Å². The molecule has 54 heavy (non-hydrogen) atoms. The van der Waals surface area contributed by atoms with Crippen molar-refractivity contribution in [3.8, 4) is 22.5 Å². The minimum absolute atomic E-state index is 0.0614. The fourth-order valence-electron chi connectivity index (χ4n) is 9.88. The van der Waals surface area contributed by atoms with E-state index in [2.05, 4.69) is 183 Å². The summed E-state index contributed by atoms with van der Waals surface area (Å²) in [6.45, 7) is 14.4. The maximum absolute atomic E-state index is 7.42. The molecule has 2 unspecified atom stereocenters. The Labute approximate surface area is 317 Å². The smallest absolute Gasteiger partial charge is 0.250 e. The van der Waals surface area contributed by atoms with Crippen LogP contribution in [-0.2, 0) is 6.42 Å². The van der Waals surface area contributed by atoms with Crippen LogP contribution in [-0.4, -0.2) is 8.07 Å². The third kappa shape index (κ3) is 4.47. The molecule has 0 N–H and O–H groups in total. The first-order valence-electron chi connectivity index (χ1n) is 19.5. The van der Waals surface area contributed by atoms with Crippen molar-refractivity contribution in [2.75, 3.05) is 0 Å². The second-order valence-electron chi connectivity index (χ2n) is 18.0. The van der Waals surface area contributed by atoms with Gasteiger partial charge in [-0.05, 0) is 62.5 Å². The molecule has 0 fully saturated rings. The molecule has 6 aromatic carbocycles. The summed E-state index contributed by atoms with van der Waals surface area (Å²) in [5.74, 6) is 0. The van der Waals surface area contributed by atoms with Gasteiger partial charge in [0.25, 0.3) is 6.04 Å². The van der Waals surface area contributed by atoms with Gasteiger partial charge in [0.1, 0.15) is 11.2 Å². The summed E-state index contributed by atoms with van der Waals surface area (Å²) in [5.41, 5.74) is 11.2. The minimum Gasteiger partial charge on any atom is -0.454 e. The average molecular weight is 717 g/mol. The third-order valence-corrected chi connectivity index (χ3v) is 14.2. The molecule has 0 saturated carbocycles. The van der Waals surface area contributed by atoms with Crippen molar-refractivity contribution in [3.05, 3.63) is 150 Å². The first-order chi connectivity index (χ1) is 26.0. The van der Waals surface area contributed by atoms with Crippen LogP contribution in [0.3, 0.4) is 0 Å². The summed E-state index contributed by atoms with van der Waals surface area (Å²) in [5, 5.41) is 11.3. The molecule has 0 saturated heterocycles. The van der Waals surface area contributed by atoms with Gasteiger partial charge in [-0.1, -0.05) is 125 Å². The molecule has 262 valence electrons. The highest BCUT2D eigenvalue weighted by molar-refractivity contribution is 6.88. The van der Waals surface area contributed by atoms with Crippen molar-refractivity contribution in [2.24, 2.45) is 5.41 Å². The Kier molecular flexibility index (Phi) is 6.49. The average Bonchev–Trinajstić information content (AvgIpc) is 3.55. The largest absolute Gasteiger partial charge is 0.454 e. The van der Waals surface area contributed by atoms with Crippen molar-refractivity contribution in [1.82, 2.24) is 0 Å². The molecule has 3 nitrogen and oxygen atoms in total. The Morgan fingerprint density at radius 3 is 1.93 bits per heavy atom. The zero-order valence-electron chi connectivity index (χ0n) is 31.9. The number of fused-ring (bicyclic) bond motifs is 22. The maximum Gasteiger partial charge on any atom is 0.250 e. The van der Waals surface area contributed by atoms with Gasteiger partial charge in [0.05, 0.1) is 19.2 Å². The number of pyridine rings is 2. The molecule has 0 spiro atoms. The van der Waals surface area contributed by atoms with Crippen LogP contribution in [0.25, 0.3) is 76.8 Å². The number of hydrogen-bond acceptors (Lipinski definition) is 1. The number of hydrogen-bond donors (Lipinski definition) is 0. The molecule has 0 amide bonds. The van der Waals surface area contributed by atoms with Gasteiger partial charge >= 0.3 is 0 Å². The number of aromatic nitrogens is 2. The number of benzene rings is 6. The SMILES string of the molecule is CC(C)(C)Cc1cc[n+]2c(c1)-c1c(ccc3c1oc1c3ccc3c4ccccc4c4ccccc4c31)C1C2c2ccccc2-c2ccc([Si](C)(C)C)c[n+]21. The number of nitrogens with zero attached hydrogens (tertiary/aromatic N) is 2. The molecule has 0 radical (unpaired) electrons. The lowest BCUT2D eigenvalue weighted by Gasteiger charge is -2.33. The number of rotatable bonds is 2. The highest BCUT2D eigenvalue weighted by atomic mass is 28.3. The van der Waals surface area contributed by atoms with Crippen molar-refractivity contribution in [2.45, 2.75) is 58.9 Å². The Bertz CT molecular complexity index is 3030. The lowest BCUT2D eigenvalue weighted by Crippen LogP contribution is -2.61. The fraction of sp³-hybridized carbons (Fsp3) is 0.200. The Balaban J connectivity index is 1.28. The summed E-state index contributed by atoms with van der Waals surface area (Å²) in [6, 6.07) is 45.9. The predicted molar refractivity (Wildman–Crippen MR) is 226 cm³/mol. The van der Waals surface area contributed by atoms with Gasteiger partial charge in [-0.15, -0.1) is 0 Å². The summed E-state index contributed by atoms with van der Waals surface area (Å²) >= 11 is 0. The molecule has 3 aromatic heterocycles. The van der Waals surface area contributed by atoms with Crippen LogP contribution in [0, 0.1) is 5.41 Å². The monoisotopic (exact) mass is 716 g/mol. The summed E-state index contributed by atoms with van der Waals surface area (Å²) in [7, 11) is -1.61. The third-order valence-electron chi connectivity index (χ3n) is 12.2. The zero-order valence-corrected chi connectivity index (χ0v) is 32.9. The van der Waals surface area contributed by atoms with Crippen molar-refractivity contribution in [1.29, 1.82) is 0 Å². The summed E-state index contributed by atoms with van der Waals surface area (Å²) in [4.78, 5) is 0. The van der Waals surface area contributed by atoms with Gasteiger partial charge in [-0.25, -0.2) is 0 Å². The van der Waals surface area contributed by atoms with Crippen molar-refractivity contribution < 1.29 is 13.6 Å². The highest BCUT2D eigenvalue weighted by Crippen LogP contribution is 2.50. The Morgan fingerprint density at radius 1 is 0.574 bits per heavy atom. The van der Waals surface area contributed by atoms with E-state index >= 15 is 0 Å². The lowest BCUT2D eigenvalue weighted by atomic mass is 9.78. The standard InChI is InChI=1S/C50H44N2OSi/c1-50(2,3)28-30-25-26-51-43(27-30)45-41(47-46(51)38-18-12-10-16-35(38)42-24-19-31(29-52(42)47)54(4,5)6)23-22-40-39-21-20-37-34-15-8-7-13-32(34)33-14-9-11-17-36(33)44(37)48(39)53-49(40)45/h7-27,29,46-47H,28H2,1-6H3/q+2. The van der Waals surface area contributed by atoms with E-state index in [9.17, 15) is 0 Å². The van der Waals surface area contributed by atoms with E-state index in [1.807, 2.05) is 0 Å². The number of furan rings is 1. The molecule has 5 heterocycles. The molecule has 0 bridgehead atoms. The second kappa shape index (κ2) is 11.0. The molecule has 9 aromatic rings. The minimum atomic E-state index is -1.61. The molecular formula is C50H44N2OSi+2. The topological polar surface area (TPSA) is 20.9 Å². The van der Waals surface area contributed by atoms with Gasteiger partial charge in [-0.3, -0.25) is 0 Å². The van der Waals surface area contributed by atoms with Gasteiger partial charge in [0.15, 0.2) is 12.4 Å². The molecule has 0 aliphatic carbocycles. The van der Waals surface area contributed by atoms with Gasteiger partial charge < -0.3 is 4.42 Å². The summed E-state index contributed by atoms with van der Waals surface area (Å²) < 4.78 is 12.6. The van der Waals surface area contributed by atoms with Crippen LogP contribution in [0.15, 0.2) is 138 Å².